The minimum Gasteiger partial charge on any atom is -0.381 e. The van der Waals surface area contributed by atoms with E-state index in [4.69, 9.17) is 5.73 Å². The minimum atomic E-state index is -4.39. The van der Waals surface area contributed by atoms with Gasteiger partial charge in [0.05, 0.1) is 3.57 Å². The van der Waals surface area contributed by atoms with Crippen LogP contribution in [-0.2, 0) is 12.7 Å². The van der Waals surface area contributed by atoms with Crippen LogP contribution < -0.4 is 5.73 Å². The summed E-state index contributed by atoms with van der Waals surface area (Å²) in [6, 6.07) is 0. The van der Waals surface area contributed by atoms with Gasteiger partial charge in [-0.05, 0) is 29.5 Å². The van der Waals surface area contributed by atoms with Crippen LogP contribution in [0.5, 0.6) is 0 Å². The van der Waals surface area contributed by atoms with Gasteiger partial charge < -0.3 is 5.73 Å². The molecule has 3 nitrogen and oxygen atoms in total. The first-order chi connectivity index (χ1) is 5.88. The summed E-state index contributed by atoms with van der Waals surface area (Å²) in [5.74, 6) is -0.0743. The van der Waals surface area contributed by atoms with Crippen molar-refractivity contribution in [3.63, 3.8) is 0 Å². The van der Waals surface area contributed by atoms with Gasteiger partial charge in [-0.2, -0.15) is 18.3 Å². The maximum absolute atomic E-state index is 12.4. The summed E-state index contributed by atoms with van der Waals surface area (Å²) in [6.07, 6.45) is -4.39. The van der Waals surface area contributed by atoms with E-state index >= 15 is 0 Å². The summed E-state index contributed by atoms with van der Waals surface area (Å²) in [7, 11) is 0. The van der Waals surface area contributed by atoms with Crippen molar-refractivity contribution in [1.82, 2.24) is 9.78 Å². The number of alkyl halides is 3. The van der Waals surface area contributed by atoms with E-state index in [1.54, 1.807) is 29.5 Å². The zero-order chi connectivity index (χ0) is 10.2. The lowest BCUT2D eigenvalue weighted by Gasteiger charge is -2.08. The largest absolute Gasteiger partial charge is 0.434 e. The van der Waals surface area contributed by atoms with Crippen LogP contribution in [0.2, 0.25) is 0 Å². The average Bonchev–Trinajstić information content (AvgIpc) is 2.26. The van der Waals surface area contributed by atoms with Gasteiger partial charge in [0.25, 0.3) is 0 Å². The molecule has 0 saturated heterocycles. The molecule has 1 aromatic rings. The van der Waals surface area contributed by atoms with E-state index in [9.17, 15) is 13.2 Å². The summed E-state index contributed by atoms with van der Waals surface area (Å²) < 4.78 is 38.0. The molecule has 0 fully saturated rings. The highest BCUT2D eigenvalue weighted by atomic mass is 127. The summed E-state index contributed by atoms with van der Waals surface area (Å²) in [5.41, 5.74) is 4.50. The van der Waals surface area contributed by atoms with Crippen LogP contribution in [0, 0.1) is 3.57 Å². The Morgan fingerprint density at radius 3 is 2.38 bits per heavy atom. The first-order valence-corrected chi connectivity index (χ1v) is 4.54. The Morgan fingerprint density at radius 1 is 1.54 bits per heavy atom. The lowest BCUT2D eigenvalue weighted by atomic mass is 10.4. The van der Waals surface area contributed by atoms with Crippen LogP contribution in [0.4, 0.5) is 19.0 Å². The molecule has 0 amide bonds. The van der Waals surface area contributed by atoms with Gasteiger partial charge in [-0.1, -0.05) is 0 Å². The highest BCUT2D eigenvalue weighted by Crippen LogP contribution is 2.34. The number of rotatable bonds is 1. The van der Waals surface area contributed by atoms with Gasteiger partial charge in [-0.15, -0.1) is 0 Å². The lowest BCUT2D eigenvalue weighted by molar-refractivity contribution is -0.144. The molecule has 0 aliphatic heterocycles. The molecule has 1 rings (SSSR count). The Morgan fingerprint density at radius 2 is 2.08 bits per heavy atom. The van der Waals surface area contributed by atoms with Crippen molar-refractivity contribution in [1.29, 1.82) is 0 Å². The number of hydrogen-bond acceptors (Lipinski definition) is 2. The van der Waals surface area contributed by atoms with E-state index in [1.807, 2.05) is 0 Å². The number of aryl methyl sites for hydroxylation is 1. The number of anilines is 1. The fraction of sp³-hybridized carbons (Fsp3) is 0.500. The Labute approximate surface area is 86.2 Å². The predicted octanol–water partition coefficient (Wildman–Crippen LogP) is 2.11. The molecule has 0 saturated carbocycles. The van der Waals surface area contributed by atoms with Gasteiger partial charge in [-0.3, -0.25) is 4.68 Å². The lowest BCUT2D eigenvalue weighted by Crippen LogP contribution is -2.15. The van der Waals surface area contributed by atoms with E-state index < -0.39 is 11.9 Å². The van der Waals surface area contributed by atoms with Crippen molar-refractivity contribution in [3.8, 4) is 0 Å². The van der Waals surface area contributed by atoms with E-state index in [-0.39, 0.29) is 15.9 Å². The highest BCUT2D eigenvalue weighted by Gasteiger charge is 2.38. The Kier molecular flexibility index (Phi) is 2.74. The topological polar surface area (TPSA) is 43.8 Å². The number of hydrogen-bond donors (Lipinski definition) is 1. The smallest absolute Gasteiger partial charge is 0.381 e. The first kappa shape index (κ1) is 10.6. The SMILES string of the molecule is CCn1nc(N)c(I)c1C(F)(F)F. The first-order valence-electron chi connectivity index (χ1n) is 3.47. The maximum Gasteiger partial charge on any atom is 0.434 e. The van der Waals surface area contributed by atoms with Crippen LogP contribution in [0.25, 0.3) is 0 Å². The molecule has 0 unspecified atom stereocenters. The quantitative estimate of drug-likeness (QED) is 0.808. The van der Waals surface area contributed by atoms with Crippen LogP contribution in [0.1, 0.15) is 12.6 Å². The summed E-state index contributed by atoms with van der Waals surface area (Å²) in [6.45, 7) is 1.74. The number of nitrogens with zero attached hydrogens (tertiary/aromatic N) is 2. The van der Waals surface area contributed by atoms with Crippen molar-refractivity contribution < 1.29 is 13.2 Å². The fourth-order valence-corrected chi connectivity index (χ4v) is 1.65. The van der Waals surface area contributed by atoms with E-state index in [1.165, 1.54) is 0 Å². The Balaban J connectivity index is 3.33. The van der Waals surface area contributed by atoms with Crippen molar-refractivity contribution in [2.24, 2.45) is 0 Å². The van der Waals surface area contributed by atoms with Gasteiger partial charge in [0.1, 0.15) is 0 Å². The van der Waals surface area contributed by atoms with E-state index in [0.29, 0.717) is 0 Å². The van der Waals surface area contributed by atoms with Crippen molar-refractivity contribution >= 4 is 28.4 Å². The third-order valence-corrected chi connectivity index (χ3v) is 2.55. The second-order valence-corrected chi connectivity index (χ2v) is 3.44. The third-order valence-electron chi connectivity index (χ3n) is 1.49. The normalized spacial score (nSPS) is 12.1. The van der Waals surface area contributed by atoms with Gasteiger partial charge >= 0.3 is 6.18 Å². The van der Waals surface area contributed by atoms with Crippen LogP contribution in [-0.4, -0.2) is 9.78 Å². The standard InChI is InChI=1S/C6H7F3IN3/c1-2-13-4(6(7,8)9)3(10)5(11)12-13/h2H2,1H3,(H2,11,12). The molecule has 0 bridgehead atoms. The second kappa shape index (κ2) is 3.35. The molecular weight excluding hydrogens is 298 g/mol. The summed E-state index contributed by atoms with van der Waals surface area (Å²) in [4.78, 5) is 0. The van der Waals surface area contributed by atoms with Gasteiger partial charge in [0.15, 0.2) is 11.5 Å². The van der Waals surface area contributed by atoms with E-state index in [2.05, 4.69) is 5.10 Å². The van der Waals surface area contributed by atoms with Crippen LogP contribution in [0.15, 0.2) is 0 Å². The molecule has 1 aromatic heterocycles. The van der Waals surface area contributed by atoms with Crippen LogP contribution >= 0.6 is 22.6 Å². The average molecular weight is 305 g/mol. The molecule has 2 N–H and O–H groups in total. The molecule has 0 aliphatic rings. The Hall–Kier alpha value is -0.470. The fourth-order valence-electron chi connectivity index (χ4n) is 0.958. The molecule has 0 radical (unpaired) electrons. The maximum atomic E-state index is 12.4. The third kappa shape index (κ3) is 1.89. The minimum absolute atomic E-state index is 0.0352. The van der Waals surface area contributed by atoms with Gasteiger partial charge in [0, 0.05) is 6.54 Å². The number of nitrogens with two attached hydrogens (primary N) is 1. The van der Waals surface area contributed by atoms with Gasteiger partial charge in [-0.25, -0.2) is 0 Å². The predicted molar refractivity (Wildman–Crippen MR) is 50.0 cm³/mol. The second-order valence-electron chi connectivity index (χ2n) is 2.36. The number of nitrogen functional groups attached to an aromatic ring is 1. The zero-order valence-electron chi connectivity index (χ0n) is 6.69. The number of aromatic nitrogens is 2. The summed E-state index contributed by atoms with van der Waals surface area (Å²) in [5, 5.41) is 3.56. The molecule has 7 heteroatoms. The Bertz CT molecular complexity index is 318. The van der Waals surface area contributed by atoms with Crippen LogP contribution in [0.3, 0.4) is 0 Å². The zero-order valence-corrected chi connectivity index (χ0v) is 8.85. The van der Waals surface area contributed by atoms with Crippen molar-refractivity contribution in [3.05, 3.63) is 9.26 Å². The van der Waals surface area contributed by atoms with Crippen molar-refractivity contribution in [2.75, 3.05) is 5.73 Å². The monoisotopic (exact) mass is 305 g/mol. The van der Waals surface area contributed by atoms with E-state index in [0.717, 1.165) is 4.68 Å². The molecule has 0 atom stereocenters. The molecule has 0 aromatic carbocycles. The highest BCUT2D eigenvalue weighted by molar-refractivity contribution is 14.1. The van der Waals surface area contributed by atoms with Crippen molar-refractivity contribution in [2.45, 2.75) is 19.6 Å². The molecule has 0 aliphatic carbocycles. The molecule has 13 heavy (non-hydrogen) atoms. The van der Waals surface area contributed by atoms with Gasteiger partial charge in [0.2, 0.25) is 0 Å². The molecular formula is C6H7F3IN3. The number of halogens is 4. The summed E-state index contributed by atoms with van der Waals surface area (Å²) >= 11 is 1.55. The molecule has 1 heterocycles. The molecule has 0 spiro atoms. The molecule has 74 valence electrons.